The fraction of sp³-hybridized carbons (Fsp3) is 0.333. The monoisotopic (exact) mass is 613 g/mol. The lowest BCUT2D eigenvalue weighted by molar-refractivity contribution is 0.0503. The van der Waals surface area contributed by atoms with E-state index in [1.165, 1.54) is 17.0 Å². The molecule has 3 heterocycles. The molecule has 2 saturated heterocycles. The molecule has 2 amide bonds. The smallest absolute Gasteiger partial charge is 0.356 e. The van der Waals surface area contributed by atoms with Gasteiger partial charge in [-0.25, -0.2) is 9.59 Å². The van der Waals surface area contributed by atoms with Crippen molar-refractivity contribution >= 4 is 58.2 Å². The summed E-state index contributed by atoms with van der Waals surface area (Å²) in [6, 6.07) is 15.9. The molecule has 8 nitrogen and oxygen atoms in total. The average molecular weight is 615 g/mol. The molecule has 3 aromatic carbocycles. The quantitative estimate of drug-likeness (QED) is 0.314. The normalized spacial score (nSPS) is 20.5. The van der Waals surface area contributed by atoms with E-state index >= 15 is 0 Å². The van der Waals surface area contributed by atoms with Gasteiger partial charge in [0.15, 0.2) is 0 Å². The van der Waals surface area contributed by atoms with Crippen molar-refractivity contribution in [3.05, 3.63) is 80.3 Å². The molecule has 2 bridgehead atoms. The first-order valence-electron chi connectivity index (χ1n) is 13.5. The van der Waals surface area contributed by atoms with Gasteiger partial charge < -0.3 is 10.2 Å². The number of nitrogens with one attached hydrogen (secondary N) is 1. The van der Waals surface area contributed by atoms with E-state index in [0.717, 1.165) is 48.3 Å². The molecule has 2 fully saturated rings. The first kappa shape index (κ1) is 28.3. The topological polar surface area (TPSA) is 91.1 Å². The van der Waals surface area contributed by atoms with Crippen LogP contribution in [0.25, 0.3) is 11.1 Å². The lowest BCUT2D eigenvalue weighted by atomic mass is 9.93. The van der Waals surface area contributed by atoms with Crippen molar-refractivity contribution in [3.63, 3.8) is 0 Å². The van der Waals surface area contributed by atoms with Gasteiger partial charge in [-0.1, -0.05) is 53.0 Å². The number of carbonyl (C=O) groups is 2. The second-order valence-corrected chi connectivity index (χ2v) is 12.3. The summed E-state index contributed by atoms with van der Waals surface area (Å²) in [7, 11) is 0. The number of fused-ring (bicyclic) bond motifs is 3. The molecule has 0 aromatic heterocycles. The Bertz CT molecular complexity index is 1520. The summed E-state index contributed by atoms with van der Waals surface area (Å²) in [4.78, 5) is 36.4. The fourth-order valence-corrected chi connectivity index (χ4v) is 7.39. The number of hydrogen-bond acceptors (Lipinski definition) is 6. The van der Waals surface area contributed by atoms with E-state index in [4.69, 9.17) is 40.7 Å². The largest absolute Gasteiger partial charge is 0.370 e. The van der Waals surface area contributed by atoms with E-state index in [1.807, 2.05) is 30.3 Å². The Morgan fingerprint density at radius 1 is 1.02 bits per heavy atom. The fourth-order valence-electron chi connectivity index (χ4n) is 6.49. The zero-order valence-corrected chi connectivity index (χ0v) is 24.9. The number of nitrogens with two attached hydrogens (primary N) is 1. The number of likely N-dealkylation sites (tertiary alicyclic amines) is 2. The highest BCUT2D eigenvalue weighted by atomic mass is 35.5. The van der Waals surface area contributed by atoms with Crippen LogP contribution < -0.4 is 16.1 Å². The third-order valence-electron chi connectivity index (χ3n) is 8.34. The minimum Gasteiger partial charge on any atom is -0.370 e. The molecule has 3 aliphatic rings. The molecule has 3 aromatic rings. The van der Waals surface area contributed by atoms with Crippen LogP contribution in [-0.2, 0) is 17.9 Å². The minimum absolute atomic E-state index is 0.0777. The lowest BCUT2D eigenvalue weighted by Gasteiger charge is -2.37. The summed E-state index contributed by atoms with van der Waals surface area (Å²) < 4.78 is 0. The maximum atomic E-state index is 13.5. The van der Waals surface area contributed by atoms with Crippen LogP contribution >= 0.6 is 34.8 Å². The SMILES string of the molecule is CC(C)N1CC2CC1CN2Cc1cc(-c2ccccc2Cl)c2c(c1)N(c1c(Cl)cc(C(=O)ON)cc1Cl)C(=O)NC2. The number of urea groups is 1. The van der Waals surface area contributed by atoms with E-state index in [0.29, 0.717) is 35.4 Å². The Morgan fingerprint density at radius 3 is 2.39 bits per heavy atom. The van der Waals surface area contributed by atoms with Gasteiger partial charge in [-0.3, -0.25) is 14.7 Å². The van der Waals surface area contributed by atoms with E-state index in [9.17, 15) is 9.59 Å². The summed E-state index contributed by atoms with van der Waals surface area (Å²) in [5.74, 6) is 4.27. The predicted molar refractivity (Wildman–Crippen MR) is 162 cm³/mol. The number of benzene rings is 3. The highest BCUT2D eigenvalue weighted by Gasteiger charge is 2.44. The summed E-state index contributed by atoms with van der Waals surface area (Å²) >= 11 is 20.0. The van der Waals surface area contributed by atoms with E-state index in [2.05, 4.69) is 39.9 Å². The number of amides is 2. The summed E-state index contributed by atoms with van der Waals surface area (Å²) in [5.41, 5.74) is 4.73. The molecule has 6 rings (SSSR count). The summed E-state index contributed by atoms with van der Waals surface area (Å²) in [5, 5.41) is 3.78. The molecule has 3 aliphatic heterocycles. The van der Waals surface area contributed by atoms with Gasteiger partial charge in [0.2, 0.25) is 0 Å². The van der Waals surface area contributed by atoms with Gasteiger partial charge in [0.1, 0.15) is 0 Å². The first-order chi connectivity index (χ1) is 19.7. The van der Waals surface area contributed by atoms with Gasteiger partial charge in [0.25, 0.3) is 0 Å². The summed E-state index contributed by atoms with van der Waals surface area (Å²) in [6.07, 6.45) is 1.16. The van der Waals surface area contributed by atoms with Crippen LogP contribution in [0, 0.1) is 0 Å². The van der Waals surface area contributed by atoms with Gasteiger partial charge >= 0.3 is 12.0 Å². The molecule has 0 spiro atoms. The van der Waals surface area contributed by atoms with Crippen molar-refractivity contribution in [1.82, 2.24) is 15.1 Å². The van der Waals surface area contributed by atoms with Gasteiger partial charge in [-0.2, -0.15) is 5.90 Å². The van der Waals surface area contributed by atoms with Gasteiger partial charge in [-0.15, -0.1) is 0 Å². The predicted octanol–water partition coefficient (Wildman–Crippen LogP) is 6.37. The number of carbonyl (C=O) groups excluding carboxylic acids is 2. The average Bonchev–Trinajstić information content (AvgIpc) is 3.54. The molecular formula is C30H30Cl3N5O3. The van der Waals surface area contributed by atoms with Crippen molar-refractivity contribution in [2.24, 2.45) is 5.90 Å². The van der Waals surface area contributed by atoms with Crippen molar-refractivity contribution in [2.45, 2.75) is 51.5 Å². The molecule has 0 aliphatic carbocycles. The van der Waals surface area contributed by atoms with Gasteiger partial charge in [0.05, 0.1) is 27.0 Å². The zero-order valence-electron chi connectivity index (χ0n) is 22.7. The standard InChI is InChI=1S/C30H30Cl3N5O3/c1-16(2)37-15-19-11-20(37)14-36(19)13-17-7-22(21-5-3-4-6-24(21)31)23-12-35-30(40)38(27(23)8-17)28-25(32)9-18(10-26(28)33)29(39)41-34/h3-10,16,19-20H,11-15,34H2,1-2H3,(H,35,40). The summed E-state index contributed by atoms with van der Waals surface area (Å²) in [6.45, 7) is 7.60. The van der Waals surface area contributed by atoms with Crippen molar-refractivity contribution in [3.8, 4) is 11.1 Å². The van der Waals surface area contributed by atoms with E-state index in [-0.39, 0.29) is 27.3 Å². The first-order valence-corrected chi connectivity index (χ1v) is 14.7. The van der Waals surface area contributed by atoms with Gasteiger partial charge in [-0.05, 0) is 61.7 Å². The van der Waals surface area contributed by atoms with Crippen LogP contribution in [0.4, 0.5) is 16.2 Å². The third-order valence-corrected chi connectivity index (χ3v) is 9.24. The van der Waals surface area contributed by atoms with Crippen LogP contribution in [0.15, 0.2) is 48.5 Å². The Morgan fingerprint density at radius 2 is 1.76 bits per heavy atom. The van der Waals surface area contributed by atoms with Crippen molar-refractivity contribution < 1.29 is 14.4 Å². The third kappa shape index (κ3) is 5.07. The number of piperazine rings is 1. The van der Waals surface area contributed by atoms with Crippen LogP contribution in [0.2, 0.25) is 15.1 Å². The molecule has 2 atom stereocenters. The number of rotatable bonds is 6. The number of nitrogens with zero attached hydrogens (tertiary/aromatic N) is 3. The second-order valence-electron chi connectivity index (χ2n) is 11.1. The molecule has 0 radical (unpaired) electrons. The molecule has 3 N–H and O–H groups in total. The molecule has 0 saturated carbocycles. The van der Waals surface area contributed by atoms with Crippen LogP contribution in [0.3, 0.4) is 0 Å². The second kappa shape index (κ2) is 11.1. The highest BCUT2D eigenvalue weighted by Crippen LogP contribution is 2.46. The Labute approximate surface area is 253 Å². The highest BCUT2D eigenvalue weighted by molar-refractivity contribution is 6.41. The minimum atomic E-state index is -0.789. The lowest BCUT2D eigenvalue weighted by Crippen LogP contribution is -2.48. The number of hydrogen-bond donors (Lipinski definition) is 2. The molecule has 11 heteroatoms. The Kier molecular flexibility index (Phi) is 7.65. The molecule has 2 unspecified atom stereocenters. The van der Waals surface area contributed by atoms with Crippen LogP contribution in [0.1, 0.15) is 41.8 Å². The van der Waals surface area contributed by atoms with Crippen LogP contribution in [0.5, 0.6) is 0 Å². The van der Waals surface area contributed by atoms with E-state index in [1.54, 1.807) is 0 Å². The maximum absolute atomic E-state index is 13.5. The number of anilines is 2. The van der Waals surface area contributed by atoms with E-state index < -0.39 is 5.97 Å². The maximum Gasteiger partial charge on any atom is 0.356 e. The zero-order chi connectivity index (χ0) is 29.0. The van der Waals surface area contributed by atoms with Crippen molar-refractivity contribution in [2.75, 3.05) is 18.0 Å². The molecule has 214 valence electrons. The Hall–Kier alpha value is -2.85. The molecule has 41 heavy (non-hydrogen) atoms. The van der Waals surface area contributed by atoms with Crippen LogP contribution in [-0.4, -0.2) is 53.0 Å². The molecular weight excluding hydrogens is 585 g/mol. The number of halogens is 3. The van der Waals surface area contributed by atoms with Crippen molar-refractivity contribution in [1.29, 1.82) is 0 Å². The Balaban J connectivity index is 1.46. The van der Waals surface area contributed by atoms with Gasteiger partial charge in [0, 0.05) is 60.5 Å².